The number of aryl methyl sites for hydroxylation is 1. The molecule has 0 aromatic heterocycles. The van der Waals surface area contributed by atoms with E-state index in [9.17, 15) is 4.79 Å². The standard InChI is InChI=1S/C13H16O3/c1-9-3-4-11(12(7-9)15-2)13(14)10-5-6-16-8-10/h3-4,7,10H,5-6,8H2,1-2H3. The number of ketones is 1. The second-order valence-corrected chi connectivity index (χ2v) is 4.13. The number of methoxy groups -OCH3 is 1. The first-order valence-corrected chi connectivity index (χ1v) is 5.49. The third-order valence-electron chi connectivity index (χ3n) is 2.92. The molecule has 0 saturated carbocycles. The van der Waals surface area contributed by atoms with Gasteiger partial charge in [-0.2, -0.15) is 0 Å². The van der Waals surface area contributed by atoms with Crippen LogP contribution in [0.5, 0.6) is 5.75 Å². The Morgan fingerprint density at radius 3 is 2.94 bits per heavy atom. The zero-order valence-electron chi connectivity index (χ0n) is 9.66. The van der Waals surface area contributed by atoms with Gasteiger partial charge in [0.2, 0.25) is 0 Å². The smallest absolute Gasteiger partial charge is 0.172 e. The lowest BCUT2D eigenvalue weighted by Crippen LogP contribution is -2.15. The van der Waals surface area contributed by atoms with Gasteiger partial charge in [0.15, 0.2) is 5.78 Å². The summed E-state index contributed by atoms with van der Waals surface area (Å²) in [5.41, 5.74) is 1.76. The first-order chi connectivity index (χ1) is 7.72. The van der Waals surface area contributed by atoms with Gasteiger partial charge in [0.05, 0.1) is 19.3 Å². The van der Waals surface area contributed by atoms with Gasteiger partial charge in [-0.25, -0.2) is 0 Å². The summed E-state index contributed by atoms with van der Waals surface area (Å²) in [6.07, 6.45) is 0.815. The summed E-state index contributed by atoms with van der Waals surface area (Å²) in [5, 5.41) is 0. The average Bonchev–Trinajstić information content (AvgIpc) is 2.81. The highest BCUT2D eigenvalue weighted by Gasteiger charge is 2.26. The molecule has 1 aromatic rings. The Labute approximate surface area is 95.4 Å². The zero-order valence-corrected chi connectivity index (χ0v) is 9.66. The highest BCUT2D eigenvalue weighted by Crippen LogP contribution is 2.26. The Balaban J connectivity index is 2.28. The zero-order chi connectivity index (χ0) is 11.5. The van der Waals surface area contributed by atoms with Crippen LogP contribution in [0, 0.1) is 12.8 Å². The van der Waals surface area contributed by atoms with Gasteiger partial charge in [-0.1, -0.05) is 6.07 Å². The molecule has 1 saturated heterocycles. The number of ether oxygens (including phenoxy) is 2. The monoisotopic (exact) mass is 220 g/mol. The van der Waals surface area contributed by atoms with E-state index in [1.807, 2.05) is 25.1 Å². The van der Waals surface area contributed by atoms with E-state index in [2.05, 4.69) is 0 Å². The van der Waals surface area contributed by atoms with Crippen LogP contribution in [0.4, 0.5) is 0 Å². The lowest BCUT2D eigenvalue weighted by atomic mass is 9.95. The molecule has 0 amide bonds. The highest BCUT2D eigenvalue weighted by molar-refractivity contribution is 6.00. The topological polar surface area (TPSA) is 35.5 Å². The number of carbonyl (C=O) groups is 1. The number of Topliss-reactive ketones (excluding diaryl/α,β-unsaturated/α-hetero) is 1. The van der Waals surface area contributed by atoms with E-state index in [4.69, 9.17) is 9.47 Å². The van der Waals surface area contributed by atoms with Crippen LogP contribution in [0.1, 0.15) is 22.3 Å². The molecule has 0 bridgehead atoms. The molecule has 0 radical (unpaired) electrons. The van der Waals surface area contributed by atoms with Crippen molar-refractivity contribution in [1.29, 1.82) is 0 Å². The molecule has 1 fully saturated rings. The maximum absolute atomic E-state index is 12.2. The van der Waals surface area contributed by atoms with Crippen LogP contribution in [-0.2, 0) is 4.74 Å². The minimum Gasteiger partial charge on any atom is -0.496 e. The second kappa shape index (κ2) is 4.66. The Bertz CT molecular complexity index is 392. The SMILES string of the molecule is COc1cc(C)ccc1C(=O)C1CCOC1. The second-order valence-electron chi connectivity index (χ2n) is 4.13. The number of hydrogen-bond acceptors (Lipinski definition) is 3. The molecule has 1 heterocycles. The number of rotatable bonds is 3. The van der Waals surface area contributed by atoms with Gasteiger partial charge >= 0.3 is 0 Å². The van der Waals surface area contributed by atoms with Crippen LogP contribution in [-0.4, -0.2) is 26.1 Å². The number of benzene rings is 1. The van der Waals surface area contributed by atoms with Crippen LogP contribution in [0.3, 0.4) is 0 Å². The van der Waals surface area contributed by atoms with E-state index in [-0.39, 0.29) is 11.7 Å². The Kier molecular flexibility index (Phi) is 3.25. The Morgan fingerprint density at radius 1 is 1.50 bits per heavy atom. The molecule has 2 rings (SSSR count). The molecule has 0 N–H and O–H groups in total. The highest BCUT2D eigenvalue weighted by atomic mass is 16.5. The molecule has 1 aliphatic heterocycles. The minimum atomic E-state index is -0.00314. The van der Waals surface area contributed by atoms with Crippen molar-refractivity contribution < 1.29 is 14.3 Å². The van der Waals surface area contributed by atoms with Crippen molar-refractivity contribution in [1.82, 2.24) is 0 Å². The van der Waals surface area contributed by atoms with Crippen LogP contribution in [0.15, 0.2) is 18.2 Å². The van der Waals surface area contributed by atoms with Crippen LogP contribution < -0.4 is 4.74 Å². The predicted octanol–water partition coefficient (Wildman–Crippen LogP) is 2.22. The molecule has 0 aliphatic carbocycles. The maximum Gasteiger partial charge on any atom is 0.172 e. The van der Waals surface area contributed by atoms with Crippen molar-refractivity contribution in [2.45, 2.75) is 13.3 Å². The molecule has 16 heavy (non-hydrogen) atoms. The Hall–Kier alpha value is -1.35. The van der Waals surface area contributed by atoms with E-state index in [1.165, 1.54) is 0 Å². The summed E-state index contributed by atoms with van der Waals surface area (Å²) in [5.74, 6) is 0.794. The fourth-order valence-corrected chi connectivity index (χ4v) is 1.96. The van der Waals surface area contributed by atoms with E-state index >= 15 is 0 Å². The fraction of sp³-hybridized carbons (Fsp3) is 0.462. The summed E-state index contributed by atoms with van der Waals surface area (Å²) >= 11 is 0. The first kappa shape index (κ1) is 11.1. The molecule has 3 nitrogen and oxygen atoms in total. The van der Waals surface area contributed by atoms with Gasteiger partial charge in [0.1, 0.15) is 5.75 Å². The van der Waals surface area contributed by atoms with Crippen molar-refractivity contribution >= 4 is 5.78 Å². The van der Waals surface area contributed by atoms with Crippen molar-refractivity contribution in [2.24, 2.45) is 5.92 Å². The largest absolute Gasteiger partial charge is 0.496 e. The summed E-state index contributed by atoms with van der Waals surface area (Å²) in [6, 6.07) is 5.67. The summed E-state index contributed by atoms with van der Waals surface area (Å²) in [7, 11) is 1.59. The van der Waals surface area contributed by atoms with Gasteiger partial charge in [0.25, 0.3) is 0 Å². The van der Waals surface area contributed by atoms with Crippen molar-refractivity contribution in [3.05, 3.63) is 29.3 Å². The predicted molar refractivity (Wildman–Crippen MR) is 61.0 cm³/mol. The molecule has 1 aromatic carbocycles. The van der Waals surface area contributed by atoms with Gasteiger partial charge in [-0.05, 0) is 31.0 Å². The van der Waals surface area contributed by atoms with Crippen LogP contribution >= 0.6 is 0 Å². The Morgan fingerprint density at radius 2 is 2.31 bits per heavy atom. The van der Waals surface area contributed by atoms with Crippen molar-refractivity contribution in [3.8, 4) is 5.75 Å². The van der Waals surface area contributed by atoms with Gasteiger partial charge in [-0.15, -0.1) is 0 Å². The molecule has 86 valence electrons. The quantitative estimate of drug-likeness (QED) is 0.733. The summed E-state index contributed by atoms with van der Waals surface area (Å²) in [4.78, 5) is 12.2. The lowest BCUT2D eigenvalue weighted by Gasteiger charge is -2.11. The molecule has 1 aliphatic rings. The van der Waals surface area contributed by atoms with Crippen LogP contribution in [0.25, 0.3) is 0 Å². The number of carbonyl (C=O) groups excluding carboxylic acids is 1. The third kappa shape index (κ3) is 2.09. The van der Waals surface area contributed by atoms with Gasteiger partial charge in [0, 0.05) is 12.5 Å². The van der Waals surface area contributed by atoms with Crippen LogP contribution in [0.2, 0.25) is 0 Å². The van der Waals surface area contributed by atoms with Crippen molar-refractivity contribution in [3.63, 3.8) is 0 Å². The molecule has 1 atom stereocenters. The molecule has 0 spiro atoms. The van der Waals surface area contributed by atoms with E-state index in [1.54, 1.807) is 7.11 Å². The van der Waals surface area contributed by atoms with Gasteiger partial charge < -0.3 is 9.47 Å². The lowest BCUT2D eigenvalue weighted by molar-refractivity contribution is 0.0897. The van der Waals surface area contributed by atoms with Gasteiger partial charge in [-0.3, -0.25) is 4.79 Å². The molecule has 1 unspecified atom stereocenters. The van der Waals surface area contributed by atoms with Crippen molar-refractivity contribution in [2.75, 3.05) is 20.3 Å². The molecular weight excluding hydrogens is 204 g/mol. The fourth-order valence-electron chi connectivity index (χ4n) is 1.96. The van der Waals surface area contributed by atoms with E-state index in [0.717, 1.165) is 12.0 Å². The minimum absolute atomic E-state index is 0.00314. The number of hydrogen-bond donors (Lipinski definition) is 0. The molecule has 3 heteroatoms. The molecular formula is C13H16O3. The summed E-state index contributed by atoms with van der Waals surface area (Å²) in [6.45, 7) is 3.20. The normalized spacial score (nSPS) is 19.8. The van der Waals surface area contributed by atoms with E-state index < -0.39 is 0 Å². The third-order valence-corrected chi connectivity index (χ3v) is 2.92. The van der Waals surface area contributed by atoms with E-state index in [0.29, 0.717) is 24.5 Å². The average molecular weight is 220 g/mol. The summed E-state index contributed by atoms with van der Waals surface area (Å²) < 4.78 is 10.5. The maximum atomic E-state index is 12.2. The first-order valence-electron chi connectivity index (χ1n) is 5.49.